The minimum atomic E-state index is -0.876. The van der Waals surface area contributed by atoms with Crippen molar-refractivity contribution in [2.24, 2.45) is 0 Å². The first-order chi connectivity index (χ1) is 28.2. The standard InChI is InChI=1S/C53H93NO3/c1-3-5-7-9-11-13-15-17-19-21-23-25-26-27-29-30-32-34-36-38-40-42-44-46-48-52(56)51(50-55)54-53(57)49-47-45-43-41-39-37-35-33-31-28-24-22-20-18-16-14-12-10-8-6-4-2/h6,8,12,14,18,20,24,28,33,35,38,40,46,48,51-52,55-56H,3-5,7,9-11,13,15-17,19,21-23,25-27,29-32,34,36-37,39,41-45,47,49-50H2,1-2H3,(H,54,57)/b8-6-,14-12-,20-18-,28-24-,35-33-,40-38+,48-46+. The first kappa shape index (κ1) is 54.6. The molecule has 328 valence electrons. The molecule has 0 bridgehead atoms. The van der Waals surface area contributed by atoms with Crippen LogP contribution in [0, 0.1) is 0 Å². The quantitative estimate of drug-likeness (QED) is 0.0425. The molecule has 0 rings (SSSR count). The lowest BCUT2D eigenvalue weighted by Gasteiger charge is -2.19. The summed E-state index contributed by atoms with van der Waals surface area (Å²) in [6.07, 6.45) is 69.9. The molecule has 0 aliphatic carbocycles. The maximum Gasteiger partial charge on any atom is 0.220 e. The number of unbranched alkanes of at least 4 members (excludes halogenated alkanes) is 24. The Labute approximate surface area is 354 Å². The molecule has 0 fully saturated rings. The minimum Gasteiger partial charge on any atom is -0.394 e. The van der Waals surface area contributed by atoms with Crippen molar-refractivity contribution in [1.29, 1.82) is 0 Å². The predicted octanol–water partition coefficient (Wildman–Crippen LogP) is 15.6. The summed E-state index contributed by atoms with van der Waals surface area (Å²) in [5.41, 5.74) is 0. The number of hydrogen-bond acceptors (Lipinski definition) is 3. The summed E-state index contributed by atoms with van der Waals surface area (Å²) in [6, 6.07) is -0.655. The molecule has 2 unspecified atom stereocenters. The van der Waals surface area contributed by atoms with Crippen LogP contribution in [-0.4, -0.2) is 34.9 Å². The van der Waals surface area contributed by atoms with Gasteiger partial charge in [-0.15, -0.1) is 0 Å². The van der Waals surface area contributed by atoms with Crippen LogP contribution < -0.4 is 5.32 Å². The average molecular weight is 792 g/mol. The van der Waals surface area contributed by atoms with Gasteiger partial charge in [-0.25, -0.2) is 0 Å². The van der Waals surface area contributed by atoms with Crippen molar-refractivity contribution < 1.29 is 15.0 Å². The third-order valence-electron chi connectivity index (χ3n) is 10.6. The molecule has 4 nitrogen and oxygen atoms in total. The largest absolute Gasteiger partial charge is 0.394 e. The van der Waals surface area contributed by atoms with Gasteiger partial charge in [-0.3, -0.25) is 4.79 Å². The normalized spacial score (nSPS) is 13.7. The Morgan fingerprint density at radius 1 is 0.439 bits per heavy atom. The Morgan fingerprint density at radius 3 is 1.23 bits per heavy atom. The molecule has 0 heterocycles. The molecule has 4 heteroatoms. The molecule has 0 saturated heterocycles. The van der Waals surface area contributed by atoms with E-state index in [2.05, 4.69) is 92.1 Å². The third-order valence-corrected chi connectivity index (χ3v) is 10.6. The van der Waals surface area contributed by atoms with Crippen LogP contribution >= 0.6 is 0 Å². The molecule has 0 aromatic heterocycles. The Balaban J connectivity index is 3.65. The summed E-state index contributed by atoms with van der Waals surface area (Å²) in [7, 11) is 0. The van der Waals surface area contributed by atoms with Gasteiger partial charge in [0, 0.05) is 6.42 Å². The van der Waals surface area contributed by atoms with Crippen molar-refractivity contribution in [2.75, 3.05) is 6.61 Å². The van der Waals surface area contributed by atoms with Crippen molar-refractivity contribution in [3.63, 3.8) is 0 Å². The number of amides is 1. The van der Waals surface area contributed by atoms with E-state index in [0.29, 0.717) is 6.42 Å². The first-order valence-corrected chi connectivity index (χ1v) is 24.3. The van der Waals surface area contributed by atoms with Crippen LogP contribution in [0.4, 0.5) is 0 Å². The molecule has 0 radical (unpaired) electrons. The first-order valence-electron chi connectivity index (χ1n) is 24.3. The van der Waals surface area contributed by atoms with E-state index >= 15 is 0 Å². The van der Waals surface area contributed by atoms with E-state index in [0.717, 1.165) is 77.0 Å². The van der Waals surface area contributed by atoms with Crippen LogP contribution in [-0.2, 0) is 4.79 Å². The Kier molecular flexibility index (Phi) is 45.9. The molecule has 0 spiro atoms. The third kappa shape index (κ3) is 44.5. The number of aliphatic hydroxyl groups is 2. The average Bonchev–Trinajstić information content (AvgIpc) is 3.22. The van der Waals surface area contributed by atoms with Gasteiger partial charge in [0.05, 0.1) is 18.8 Å². The van der Waals surface area contributed by atoms with Crippen LogP contribution in [0.25, 0.3) is 0 Å². The highest BCUT2D eigenvalue weighted by molar-refractivity contribution is 5.76. The zero-order valence-corrected chi connectivity index (χ0v) is 37.6. The zero-order chi connectivity index (χ0) is 41.4. The zero-order valence-electron chi connectivity index (χ0n) is 37.6. The summed E-state index contributed by atoms with van der Waals surface area (Å²) in [4.78, 5) is 12.4. The second kappa shape index (κ2) is 47.9. The van der Waals surface area contributed by atoms with Crippen LogP contribution in [0.15, 0.2) is 85.1 Å². The van der Waals surface area contributed by atoms with Crippen molar-refractivity contribution in [3.05, 3.63) is 85.1 Å². The van der Waals surface area contributed by atoms with Gasteiger partial charge in [0.25, 0.3) is 0 Å². The van der Waals surface area contributed by atoms with Gasteiger partial charge in [-0.2, -0.15) is 0 Å². The number of aliphatic hydroxyl groups excluding tert-OH is 2. The van der Waals surface area contributed by atoms with Gasteiger partial charge < -0.3 is 15.5 Å². The summed E-state index contributed by atoms with van der Waals surface area (Å²) in [5, 5.41) is 23.1. The predicted molar refractivity (Wildman–Crippen MR) is 253 cm³/mol. The fourth-order valence-electron chi connectivity index (χ4n) is 6.93. The van der Waals surface area contributed by atoms with Crippen LogP contribution in [0.3, 0.4) is 0 Å². The lowest BCUT2D eigenvalue weighted by Crippen LogP contribution is -2.45. The Hall–Kier alpha value is -2.43. The topological polar surface area (TPSA) is 69.6 Å². The molecule has 0 saturated carbocycles. The minimum absolute atomic E-state index is 0.0946. The second-order valence-electron chi connectivity index (χ2n) is 16.1. The number of allylic oxidation sites excluding steroid dienone is 13. The highest BCUT2D eigenvalue weighted by Gasteiger charge is 2.17. The Bertz CT molecular complexity index is 1030. The highest BCUT2D eigenvalue weighted by atomic mass is 16.3. The van der Waals surface area contributed by atoms with E-state index < -0.39 is 12.1 Å². The van der Waals surface area contributed by atoms with Crippen LogP contribution in [0.1, 0.15) is 226 Å². The molecule has 0 aromatic rings. The number of carbonyl (C=O) groups excluding carboxylic acids is 1. The maximum absolute atomic E-state index is 12.4. The number of carbonyl (C=O) groups is 1. The summed E-state index contributed by atoms with van der Waals surface area (Å²) < 4.78 is 0. The van der Waals surface area contributed by atoms with Crippen molar-refractivity contribution in [1.82, 2.24) is 5.32 Å². The van der Waals surface area contributed by atoms with E-state index in [1.807, 2.05) is 6.08 Å². The van der Waals surface area contributed by atoms with Crippen molar-refractivity contribution >= 4 is 5.91 Å². The van der Waals surface area contributed by atoms with E-state index in [1.165, 1.54) is 128 Å². The summed E-state index contributed by atoms with van der Waals surface area (Å²) >= 11 is 0. The van der Waals surface area contributed by atoms with Crippen molar-refractivity contribution in [2.45, 2.75) is 238 Å². The SMILES string of the molecule is CC/C=C\C/C=C\C/C=C\C/C=C\C/C=C\CCCCCCCC(=O)NC(CO)C(O)/C=C/CC/C=C/CCCCCCCCCCCCCCCCCCCC. The van der Waals surface area contributed by atoms with Crippen LogP contribution in [0.2, 0.25) is 0 Å². The summed E-state index contributed by atoms with van der Waals surface area (Å²) in [6.45, 7) is 4.18. The van der Waals surface area contributed by atoms with E-state index in [9.17, 15) is 15.0 Å². The summed E-state index contributed by atoms with van der Waals surface area (Å²) in [5.74, 6) is -0.0946. The molecule has 1 amide bonds. The van der Waals surface area contributed by atoms with Crippen LogP contribution in [0.5, 0.6) is 0 Å². The molecular formula is C53H93NO3. The number of nitrogens with one attached hydrogen (secondary N) is 1. The lowest BCUT2D eigenvalue weighted by molar-refractivity contribution is -0.123. The second-order valence-corrected chi connectivity index (χ2v) is 16.1. The fourth-order valence-corrected chi connectivity index (χ4v) is 6.93. The van der Waals surface area contributed by atoms with E-state index in [4.69, 9.17) is 0 Å². The molecule has 3 N–H and O–H groups in total. The smallest absolute Gasteiger partial charge is 0.220 e. The Morgan fingerprint density at radius 2 is 0.789 bits per heavy atom. The van der Waals surface area contributed by atoms with Gasteiger partial charge in [0.15, 0.2) is 0 Å². The van der Waals surface area contributed by atoms with E-state index in [-0.39, 0.29) is 12.5 Å². The van der Waals surface area contributed by atoms with Gasteiger partial charge in [-0.05, 0) is 77.0 Å². The molecule has 0 aliphatic rings. The van der Waals surface area contributed by atoms with Gasteiger partial charge >= 0.3 is 0 Å². The molecule has 0 aliphatic heterocycles. The lowest BCUT2D eigenvalue weighted by atomic mass is 10.0. The molecule has 57 heavy (non-hydrogen) atoms. The van der Waals surface area contributed by atoms with Gasteiger partial charge in [-0.1, -0.05) is 227 Å². The fraction of sp³-hybridized carbons (Fsp3) is 0.717. The molecule has 2 atom stereocenters. The monoisotopic (exact) mass is 792 g/mol. The number of hydrogen-bond donors (Lipinski definition) is 3. The maximum atomic E-state index is 12.4. The highest BCUT2D eigenvalue weighted by Crippen LogP contribution is 2.15. The molecular weight excluding hydrogens is 699 g/mol. The number of rotatable bonds is 43. The molecule has 0 aromatic carbocycles. The van der Waals surface area contributed by atoms with E-state index in [1.54, 1.807) is 6.08 Å². The van der Waals surface area contributed by atoms with Gasteiger partial charge in [0.1, 0.15) is 0 Å². The van der Waals surface area contributed by atoms with Crippen molar-refractivity contribution in [3.8, 4) is 0 Å². The van der Waals surface area contributed by atoms with Gasteiger partial charge in [0.2, 0.25) is 5.91 Å².